The van der Waals surface area contributed by atoms with Crippen molar-refractivity contribution < 1.29 is 5.11 Å². The molecule has 0 aliphatic carbocycles. The summed E-state index contributed by atoms with van der Waals surface area (Å²) in [6.07, 6.45) is 1.75. The normalized spacial score (nSPS) is 13.7. The van der Waals surface area contributed by atoms with Crippen molar-refractivity contribution in [3.63, 3.8) is 0 Å². The largest absolute Gasteiger partial charge is 0.396 e. The summed E-state index contributed by atoms with van der Waals surface area (Å²) in [5.41, 5.74) is 4.79. The first-order valence-electron chi connectivity index (χ1n) is 6.72. The fraction of sp³-hybridized carbons (Fsp3) is 0.312. The van der Waals surface area contributed by atoms with Gasteiger partial charge in [-0.3, -0.25) is 0 Å². The topological polar surface area (TPSA) is 36.4 Å². The van der Waals surface area contributed by atoms with Crippen LogP contribution in [0.5, 0.6) is 0 Å². The Labute approximate surface area is 113 Å². The van der Waals surface area contributed by atoms with Crippen LogP contribution in [0, 0.1) is 6.92 Å². The van der Waals surface area contributed by atoms with E-state index in [2.05, 4.69) is 46.3 Å². The zero-order chi connectivity index (χ0) is 13.2. The molecule has 19 heavy (non-hydrogen) atoms. The molecule has 1 aromatic carbocycles. The van der Waals surface area contributed by atoms with Gasteiger partial charge in [0.2, 0.25) is 0 Å². The Balaban J connectivity index is 1.94. The minimum Gasteiger partial charge on any atom is -0.396 e. The highest BCUT2D eigenvalue weighted by atomic mass is 16.2. The van der Waals surface area contributed by atoms with E-state index in [4.69, 9.17) is 5.11 Å². The molecule has 0 saturated heterocycles. The average molecular weight is 254 g/mol. The highest BCUT2D eigenvalue weighted by Gasteiger charge is 2.20. The molecule has 3 nitrogen and oxygen atoms in total. The van der Waals surface area contributed by atoms with Crippen LogP contribution in [-0.4, -0.2) is 23.2 Å². The van der Waals surface area contributed by atoms with Gasteiger partial charge < -0.3 is 10.0 Å². The number of benzene rings is 1. The third kappa shape index (κ3) is 2.22. The van der Waals surface area contributed by atoms with E-state index in [9.17, 15) is 0 Å². The SMILES string of the molecule is Cc1nc(N2CCc3ccccc32)ccc1CCO. The number of rotatable bonds is 3. The first-order chi connectivity index (χ1) is 9.29. The Kier molecular flexibility index (Phi) is 3.22. The minimum absolute atomic E-state index is 0.175. The van der Waals surface area contributed by atoms with Crippen LogP contribution < -0.4 is 4.90 Å². The van der Waals surface area contributed by atoms with E-state index < -0.39 is 0 Å². The Hall–Kier alpha value is -1.87. The quantitative estimate of drug-likeness (QED) is 0.914. The first-order valence-corrected chi connectivity index (χ1v) is 6.72. The number of nitrogens with zero attached hydrogens (tertiary/aromatic N) is 2. The summed E-state index contributed by atoms with van der Waals surface area (Å²) in [6, 6.07) is 12.6. The molecule has 1 aromatic heterocycles. The van der Waals surface area contributed by atoms with E-state index in [0.717, 1.165) is 30.0 Å². The van der Waals surface area contributed by atoms with E-state index in [-0.39, 0.29) is 6.61 Å². The Bertz CT molecular complexity index is 595. The molecule has 0 amide bonds. The molecule has 0 atom stereocenters. The van der Waals surface area contributed by atoms with Crippen LogP contribution in [0.1, 0.15) is 16.8 Å². The number of para-hydroxylation sites is 1. The summed E-state index contributed by atoms with van der Waals surface area (Å²) < 4.78 is 0. The number of hydrogen-bond donors (Lipinski definition) is 1. The van der Waals surface area contributed by atoms with Crippen LogP contribution in [0.4, 0.5) is 11.5 Å². The van der Waals surface area contributed by atoms with Crippen molar-refractivity contribution in [1.82, 2.24) is 4.98 Å². The van der Waals surface area contributed by atoms with Gasteiger partial charge in [-0.15, -0.1) is 0 Å². The van der Waals surface area contributed by atoms with Crippen molar-refractivity contribution in [2.75, 3.05) is 18.1 Å². The number of fused-ring (bicyclic) bond motifs is 1. The number of aromatic nitrogens is 1. The molecule has 0 bridgehead atoms. The zero-order valence-electron chi connectivity index (χ0n) is 11.1. The van der Waals surface area contributed by atoms with Crippen LogP contribution in [-0.2, 0) is 12.8 Å². The Morgan fingerprint density at radius 3 is 2.84 bits per heavy atom. The average Bonchev–Trinajstić information content (AvgIpc) is 2.85. The fourth-order valence-electron chi connectivity index (χ4n) is 2.69. The molecular formula is C16H18N2O. The van der Waals surface area contributed by atoms with Crippen molar-refractivity contribution in [2.45, 2.75) is 19.8 Å². The van der Waals surface area contributed by atoms with E-state index in [0.29, 0.717) is 6.42 Å². The summed E-state index contributed by atoms with van der Waals surface area (Å²) >= 11 is 0. The first kappa shape index (κ1) is 12.2. The molecule has 0 radical (unpaired) electrons. The Morgan fingerprint density at radius 1 is 1.21 bits per heavy atom. The van der Waals surface area contributed by atoms with Crippen LogP contribution in [0.3, 0.4) is 0 Å². The van der Waals surface area contributed by atoms with Gasteiger partial charge in [0.15, 0.2) is 0 Å². The molecule has 3 rings (SSSR count). The summed E-state index contributed by atoms with van der Waals surface area (Å²) in [5.74, 6) is 1.00. The van der Waals surface area contributed by atoms with Crippen LogP contribution in [0.2, 0.25) is 0 Å². The number of hydrogen-bond acceptors (Lipinski definition) is 3. The second-order valence-corrected chi connectivity index (χ2v) is 4.92. The van der Waals surface area contributed by atoms with Crippen LogP contribution in [0.25, 0.3) is 0 Å². The van der Waals surface area contributed by atoms with Crippen molar-refractivity contribution in [3.05, 3.63) is 53.2 Å². The second kappa shape index (κ2) is 5.02. The maximum absolute atomic E-state index is 9.02. The molecule has 2 aromatic rings. The summed E-state index contributed by atoms with van der Waals surface area (Å²) in [6.45, 7) is 3.18. The second-order valence-electron chi connectivity index (χ2n) is 4.92. The number of aliphatic hydroxyl groups is 1. The number of aryl methyl sites for hydroxylation is 1. The third-order valence-corrected chi connectivity index (χ3v) is 3.73. The van der Waals surface area contributed by atoms with Gasteiger partial charge >= 0.3 is 0 Å². The zero-order valence-corrected chi connectivity index (χ0v) is 11.1. The van der Waals surface area contributed by atoms with Gasteiger partial charge in [0.1, 0.15) is 5.82 Å². The molecule has 1 aliphatic heterocycles. The minimum atomic E-state index is 0.175. The fourth-order valence-corrected chi connectivity index (χ4v) is 2.69. The molecule has 0 saturated carbocycles. The maximum Gasteiger partial charge on any atom is 0.133 e. The number of pyridine rings is 1. The smallest absolute Gasteiger partial charge is 0.133 e. The van der Waals surface area contributed by atoms with Gasteiger partial charge in [-0.05, 0) is 43.0 Å². The van der Waals surface area contributed by atoms with Crippen molar-refractivity contribution in [3.8, 4) is 0 Å². The van der Waals surface area contributed by atoms with Gasteiger partial charge in [-0.1, -0.05) is 24.3 Å². The predicted octanol–water partition coefficient (Wildman–Crippen LogP) is 2.62. The van der Waals surface area contributed by atoms with Crippen LogP contribution in [0.15, 0.2) is 36.4 Å². The predicted molar refractivity (Wildman–Crippen MR) is 76.9 cm³/mol. The van der Waals surface area contributed by atoms with Gasteiger partial charge in [0.05, 0.1) is 0 Å². The van der Waals surface area contributed by atoms with Crippen molar-refractivity contribution >= 4 is 11.5 Å². The van der Waals surface area contributed by atoms with Gasteiger partial charge in [0.25, 0.3) is 0 Å². The molecule has 2 heterocycles. The lowest BCUT2D eigenvalue weighted by molar-refractivity contribution is 0.299. The lowest BCUT2D eigenvalue weighted by Crippen LogP contribution is -2.15. The summed E-state index contributed by atoms with van der Waals surface area (Å²) in [5, 5.41) is 9.02. The monoisotopic (exact) mass is 254 g/mol. The van der Waals surface area contributed by atoms with Crippen molar-refractivity contribution in [1.29, 1.82) is 0 Å². The maximum atomic E-state index is 9.02. The van der Waals surface area contributed by atoms with Crippen LogP contribution >= 0.6 is 0 Å². The van der Waals surface area contributed by atoms with Gasteiger partial charge in [-0.25, -0.2) is 4.98 Å². The highest BCUT2D eigenvalue weighted by molar-refractivity contribution is 5.67. The lowest BCUT2D eigenvalue weighted by Gasteiger charge is -2.19. The number of anilines is 2. The molecule has 0 fully saturated rings. The molecular weight excluding hydrogens is 236 g/mol. The van der Waals surface area contributed by atoms with E-state index in [1.165, 1.54) is 11.3 Å². The molecule has 3 heteroatoms. The lowest BCUT2D eigenvalue weighted by atomic mass is 10.1. The molecule has 0 unspecified atom stereocenters. The van der Waals surface area contributed by atoms with Gasteiger partial charge in [-0.2, -0.15) is 0 Å². The van der Waals surface area contributed by atoms with Crippen molar-refractivity contribution in [2.24, 2.45) is 0 Å². The summed E-state index contributed by atoms with van der Waals surface area (Å²) in [7, 11) is 0. The van der Waals surface area contributed by atoms with Gasteiger partial charge in [0, 0.05) is 24.5 Å². The highest BCUT2D eigenvalue weighted by Crippen LogP contribution is 2.33. The molecule has 1 aliphatic rings. The standard InChI is InChI=1S/C16H18N2O/c1-12-13(9-11-19)6-7-16(17-12)18-10-8-14-4-2-3-5-15(14)18/h2-7,19H,8-11H2,1H3. The van der Waals surface area contributed by atoms with E-state index in [1.807, 2.05) is 6.92 Å². The summed E-state index contributed by atoms with van der Waals surface area (Å²) in [4.78, 5) is 6.96. The number of aliphatic hydroxyl groups excluding tert-OH is 1. The third-order valence-electron chi connectivity index (χ3n) is 3.73. The molecule has 1 N–H and O–H groups in total. The van der Waals surface area contributed by atoms with E-state index >= 15 is 0 Å². The Morgan fingerprint density at radius 2 is 2.05 bits per heavy atom. The van der Waals surface area contributed by atoms with E-state index in [1.54, 1.807) is 0 Å². The molecule has 0 spiro atoms. The molecule has 98 valence electrons.